The van der Waals surface area contributed by atoms with Gasteiger partial charge in [-0.1, -0.05) is 6.92 Å². The van der Waals surface area contributed by atoms with Crippen LogP contribution in [0.25, 0.3) is 0 Å². The summed E-state index contributed by atoms with van der Waals surface area (Å²) >= 11 is 1.95. The Morgan fingerprint density at radius 3 is 2.61 bits per heavy atom. The summed E-state index contributed by atoms with van der Waals surface area (Å²) in [5.74, 6) is 0.907. The summed E-state index contributed by atoms with van der Waals surface area (Å²) in [5.41, 5.74) is 0. The highest BCUT2D eigenvalue weighted by Crippen LogP contribution is 2.32. The molecule has 1 saturated heterocycles. The van der Waals surface area contributed by atoms with Crippen molar-refractivity contribution < 1.29 is 4.74 Å². The van der Waals surface area contributed by atoms with Crippen molar-refractivity contribution in [3.05, 3.63) is 0 Å². The molecule has 1 fully saturated rings. The molecule has 2 N–H and O–H groups in total. The Kier molecular flexibility index (Phi) is 6.86. The number of hydrogen-bond donors (Lipinski definition) is 2. The Morgan fingerprint density at radius 1 is 1.44 bits per heavy atom. The van der Waals surface area contributed by atoms with E-state index in [0.29, 0.717) is 10.8 Å². The number of rotatable bonds is 5. The molecule has 0 saturated carbocycles. The molecule has 1 unspecified atom stereocenters. The van der Waals surface area contributed by atoms with Crippen molar-refractivity contribution in [3.8, 4) is 0 Å². The van der Waals surface area contributed by atoms with Crippen LogP contribution < -0.4 is 10.6 Å². The maximum atomic E-state index is 5.45. The minimum absolute atomic E-state index is 0.297. The van der Waals surface area contributed by atoms with Crippen LogP contribution in [0.4, 0.5) is 0 Å². The summed E-state index contributed by atoms with van der Waals surface area (Å²) in [7, 11) is 1.83. The average molecular weight is 273 g/mol. The second kappa shape index (κ2) is 7.89. The smallest absolute Gasteiger partial charge is 0.191 e. The fourth-order valence-electron chi connectivity index (χ4n) is 1.97. The standard InChI is InChI=1S/C13H27N3OS/c1-5-11(2)16-12(14-3)15-10-13(18-4)6-8-17-9-7-13/h11H,5-10H2,1-4H3,(H2,14,15,16). The first kappa shape index (κ1) is 15.6. The zero-order valence-electron chi connectivity index (χ0n) is 12.1. The average Bonchev–Trinajstić information content (AvgIpc) is 2.44. The highest BCUT2D eigenvalue weighted by molar-refractivity contribution is 8.00. The van der Waals surface area contributed by atoms with Gasteiger partial charge in [0.2, 0.25) is 0 Å². The minimum Gasteiger partial charge on any atom is -0.381 e. The Morgan fingerprint density at radius 2 is 2.11 bits per heavy atom. The lowest BCUT2D eigenvalue weighted by Gasteiger charge is -2.36. The first-order valence-corrected chi connectivity index (χ1v) is 7.98. The predicted molar refractivity (Wildman–Crippen MR) is 80.5 cm³/mol. The summed E-state index contributed by atoms with van der Waals surface area (Å²) in [6, 6.07) is 0.455. The molecule has 0 aromatic rings. The van der Waals surface area contributed by atoms with Gasteiger partial charge in [-0.05, 0) is 32.4 Å². The molecular weight excluding hydrogens is 246 g/mol. The number of hydrogen-bond acceptors (Lipinski definition) is 3. The van der Waals surface area contributed by atoms with Crippen molar-refractivity contribution in [2.45, 2.75) is 43.9 Å². The topological polar surface area (TPSA) is 45.7 Å². The number of ether oxygens (including phenoxy) is 1. The molecule has 1 rings (SSSR count). The van der Waals surface area contributed by atoms with E-state index in [-0.39, 0.29) is 0 Å². The zero-order valence-corrected chi connectivity index (χ0v) is 12.9. The molecule has 0 aliphatic carbocycles. The van der Waals surface area contributed by atoms with Gasteiger partial charge >= 0.3 is 0 Å². The predicted octanol–water partition coefficient (Wildman–Crippen LogP) is 1.86. The van der Waals surface area contributed by atoms with Crippen LogP contribution in [0.2, 0.25) is 0 Å². The van der Waals surface area contributed by atoms with Gasteiger partial charge in [-0.15, -0.1) is 0 Å². The molecule has 0 aromatic carbocycles. The van der Waals surface area contributed by atoms with E-state index in [1.54, 1.807) is 0 Å². The van der Waals surface area contributed by atoms with E-state index in [9.17, 15) is 0 Å². The highest BCUT2D eigenvalue weighted by atomic mass is 32.2. The third kappa shape index (κ3) is 4.69. The molecule has 0 radical (unpaired) electrons. The number of aliphatic imine (C=N–C) groups is 1. The second-order valence-electron chi connectivity index (χ2n) is 4.88. The van der Waals surface area contributed by atoms with Gasteiger partial charge in [-0.3, -0.25) is 4.99 Å². The van der Waals surface area contributed by atoms with E-state index in [2.05, 4.69) is 35.7 Å². The molecule has 18 heavy (non-hydrogen) atoms. The Balaban J connectivity index is 2.45. The van der Waals surface area contributed by atoms with Crippen LogP contribution in [0.5, 0.6) is 0 Å². The SMILES string of the molecule is CCC(C)NC(=NC)NCC1(SC)CCOCC1. The van der Waals surface area contributed by atoms with Gasteiger partial charge in [0.1, 0.15) is 0 Å². The Hall–Kier alpha value is -0.420. The minimum atomic E-state index is 0.297. The van der Waals surface area contributed by atoms with Crippen LogP contribution in [-0.2, 0) is 4.74 Å². The summed E-state index contributed by atoms with van der Waals surface area (Å²) in [4.78, 5) is 4.28. The van der Waals surface area contributed by atoms with Gasteiger partial charge in [0.15, 0.2) is 5.96 Å². The largest absolute Gasteiger partial charge is 0.381 e. The van der Waals surface area contributed by atoms with Gasteiger partial charge < -0.3 is 15.4 Å². The summed E-state index contributed by atoms with van der Waals surface area (Å²) in [6.07, 6.45) is 5.52. The third-order valence-electron chi connectivity index (χ3n) is 3.63. The van der Waals surface area contributed by atoms with Crippen LogP contribution in [0.3, 0.4) is 0 Å². The second-order valence-corrected chi connectivity index (χ2v) is 6.15. The van der Waals surface area contributed by atoms with E-state index in [0.717, 1.165) is 45.0 Å². The molecule has 1 aliphatic heterocycles. The normalized spacial score (nSPS) is 21.4. The molecule has 106 valence electrons. The maximum Gasteiger partial charge on any atom is 0.191 e. The van der Waals surface area contributed by atoms with Crippen LogP contribution in [0.15, 0.2) is 4.99 Å². The fourth-order valence-corrected chi connectivity index (χ4v) is 2.76. The number of nitrogens with one attached hydrogen (secondary N) is 2. The van der Waals surface area contributed by atoms with Gasteiger partial charge in [0.05, 0.1) is 0 Å². The third-order valence-corrected chi connectivity index (χ3v) is 5.05. The molecule has 4 nitrogen and oxygen atoms in total. The molecule has 1 heterocycles. The number of thioether (sulfide) groups is 1. The first-order chi connectivity index (χ1) is 8.65. The van der Waals surface area contributed by atoms with Crippen LogP contribution in [0.1, 0.15) is 33.1 Å². The Bertz CT molecular complexity index is 265. The van der Waals surface area contributed by atoms with Crippen molar-refractivity contribution in [1.82, 2.24) is 10.6 Å². The van der Waals surface area contributed by atoms with E-state index >= 15 is 0 Å². The van der Waals surface area contributed by atoms with Crippen LogP contribution in [0, 0.1) is 0 Å². The summed E-state index contributed by atoms with van der Waals surface area (Å²) in [5, 5.41) is 6.85. The first-order valence-electron chi connectivity index (χ1n) is 6.76. The molecule has 0 spiro atoms. The van der Waals surface area contributed by atoms with Crippen molar-refractivity contribution in [3.63, 3.8) is 0 Å². The van der Waals surface area contributed by atoms with E-state index in [1.165, 1.54) is 0 Å². The zero-order chi connectivity index (χ0) is 13.4. The van der Waals surface area contributed by atoms with Crippen molar-refractivity contribution in [2.24, 2.45) is 4.99 Å². The molecule has 1 atom stereocenters. The number of nitrogens with zero attached hydrogens (tertiary/aromatic N) is 1. The van der Waals surface area contributed by atoms with E-state index < -0.39 is 0 Å². The van der Waals surface area contributed by atoms with Crippen molar-refractivity contribution >= 4 is 17.7 Å². The van der Waals surface area contributed by atoms with Crippen LogP contribution >= 0.6 is 11.8 Å². The van der Waals surface area contributed by atoms with Gasteiger partial charge in [-0.2, -0.15) is 11.8 Å². The fraction of sp³-hybridized carbons (Fsp3) is 0.923. The van der Waals surface area contributed by atoms with Crippen molar-refractivity contribution in [2.75, 3.05) is 33.1 Å². The maximum absolute atomic E-state index is 5.45. The lowest BCUT2D eigenvalue weighted by Crippen LogP contribution is -2.49. The molecule has 0 aromatic heterocycles. The van der Waals surface area contributed by atoms with Gasteiger partial charge in [0.25, 0.3) is 0 Å². The highest BCUT2D eigenvalue weighted by Gasteiger charge is 2.31. The van der Waals surface area contributed by atoms with Crippen molar-refractivity contribution in [1.29, 1.82) is 0 Å². The van der Waals surface area contributed by atoms with E-state index in [4.69, 9.17) is 4.74 Å². The summed E-state index contributed by atoms with van der Waals surface area (Å²) in [6.45, 7) is 7.05. The number of guanidine groups is 1. The molecule has 0 bridgehead atoms. The summed E-state index contributed by atoms with van der Waals surface area (Å²) < 4.78 is 5.75. The van der Waals surface area contributed by atoms with E-state index in [1.807, 2.05) is 18.8 Å². The van der Waals surface area contributed by atoms with Gasteiger partial charge in [-0.25, -0.2) is 0 Å². The molecular formula is C13H27N3OS. The van der Waals surface area contributed by atoms with Crippen LogP contribution in [-0.4, -0.2) is 49.8 Å². The molecule has 5 heteroatoms. The molecule has 0 amide bonds. The lowest BCUT2D eigenvalue weighted by atomic mass is 9.99. The Labute approximate surface area is 115 Å². The quantitative estimate of drug-likeness (QED) is 0.593. The molecule has 1 aliphatic rings. The lowest BCUT2D eigenvalue weighted by molar-refractivity contribution is 0.0782. The van der Waals surface area contributed by atoms with Gasteiger partial charge in [0, 0.05) is 37.6 Å². The monoisotopic (exact) mass is 273 g/mol.